The molecule has 0 rings (SSSR count). The maximum Gasteiger partial charge on any atom is 0.305 e. The summed E-state index contributed by atoms with van der Waals surface area (Å²) in [7, 11) is 0. The monoisotopic (exact) mass is 918 g/mol. The minimum absolute atomic E-state index is 0.0163. The second-order valence-corrected chi connectivity index (χ2v) is 20.3. The number of ether oxygens (including phenoxy) is 1. The van der Waals surface area contributed by atoms with Gasteiger partial charge in [-0.1, -0.05) is 296 Å². The van der Waals surface area contributed by atoms with Gasteiger partial charge in [-0.3, -0.25) is 9.59 Å². The first kappa shape index (κ1) is 63.6. The van der Waals surface area contributed by atoms with E-state index in [1.54, 1.807) is 6.08 Å². The second kappa shape index (κ2) is 55.2. The Kier molecular flexibility index (Phi) is 54.0. The van der Waals surface area contributed by atoms with E-state index >= 15 is 0 Å². The lowest BCUT2D eigenvalue weighted by Gasteiger charge is -2.20. The third kappa shape index (κ3) is 51.8. The Morgan fingerprint density at radius 1 is 0.415 bits per heavy atom. The molecule has 0 aromatic rings. The van der Waals surface area contributed by atoms with Crippen molar-refractivity contribution >= 4 is 11.9 Å². The molecule has 2 unspecified atom stereocenters. The molecule has 6 heteroatoms. The average Bonchev–Trinajstić information content (AvgIpc) is 3.31. The topological polar surface area (TPSA) is 95.9 Å². The number of amides is 1. The summed E-state index contributed by atoms with van der Waals surface area (Å²) < 4.78 is 5.47. The molecule has 0 aliphatic carbocycles. The normalized spacial score (nSPS) is 12.6. The van der Waals surface area contributed by atoms with Crippen molar-refractivity contribution in [3.63, 3.8) is 0 Å². The summed E-state index contributed by atoms with van der Waals surface area (Å²) in [5.41, 5.74) is 0. The number of allylic oxidation sites excluding steroid dienone is 1. The van der Waals surface area contributed by atoms with Crippen LogP contribution in [0.2, 0.25) is 0 Å². The molecular formula is C59H115NO5. The van der Waals surface area contributed by atoms with E-state index in [2.05, 4.69) is 19.2 Å². The summed E-state index contributed by atoms with van der Waals surface area (Å²) in [4.78, 5) is 24.6. The number of aliphatic hydroxyl groups is 2. The van der Waals surface area contributed by atoms with Crippen molar-refractivity contribution in [2.24, 2.45) is 0 Å². The number of carbonyl (C=O) groups excluding carboxylic acids is 2. The maximum atomic E-state index is 12.5. The fourth-order valence-electron chi connectivity index (χ4n) is 9.28. The van der Waals surface area contributed by atoms with Gasteiger partial charge in [0.25, 0.3) is 0 Å². The van der Waals surface area contributed by atoms with Crippen LogP contribution in [0.5, 0.6) is 0 Å². The Morgan fingerprint density at radius 3 is 1.05 bits per heavy atom. The molecule has 1 amide bonds. The van der Waals surface area contributed by atoms with Crippen molar-refractivity contribution in [3.05, 3.63) is 12.2 Å². The van der Waals surface area contributed by atoms with Gasteiger partial charge in [-0.25, -0.2) is 0 Å². The van der Waals surface area contributed by atoms with E-state index in [1.807, 2.05) is 6.08 Å². The number of hydrogen-bond acceptors (Lipinski definition) is 5. The minimum atomic E-state index is -0.859. The molecule has 0 aromatic heterocycles. The van der Waals surface area contributed by atoms with Crippen molar-refractivity contribution in [1.29, 1.82) is 0 Å². The predicted molar refractivity (Wildman–Crippen MR) is 283 cm³/mol. The summed E-state index contributed by atoms with van der Waals surface area (Å²) in [6.45, 7) is 4.88. The highest BCUT2D eigenvalue weighted by Crippen LogP contribution is 2.18. The van der Waals surface area contributed by atoms with Crippen LogP contribution in [-0.2, 0) is 14.3 Å². The van der Waals surface area contributed by atoms with E-state index in [-0.39, 0.29) is 18.5 Å². The Balaban J connectivity index is 3.48. The van der Waals surface area contributed by atoms with Crippen molar-refractivity contribution in [3.8, 4) is 0 Å². The molecule has 0 saturated carbocycles. The minimum Gasteiger partial charge on any atom is -0.466 e. The first-order valence-electron chi connectivity index (χ1n) is 29.5. The Bertz CT molecular complexity index is 970. The molecule has 2 atom stereocenters. The number of nitrogens with one attached hydrogen (secondary N) is 1. The molecule has 0 radical (unpaired) electrons. The van der Waals surface area contributed by atoms with Gasteiger partial charge in [-0.2, -0.15) is 0 Å². The van der Waals surface area contributed by atoms with Crippen LogP contribution in [0, 0.1) is 0 Å². The van der Waals surface area contributed by atoms with Gasteiger partial charge in [0.05, 0.1) is 25.4 Å². The quantitative estimate of drug-likeness (QED) is 0.0321. The van der Waals surface area contributed by atoms with Gasteiger partial charge in [0.15, 0.2) is 0 Å². The molecule has 0 fully saturated rings. The zero-order valence-electron chi connectivity index (χ0n) is 44.0. The second-order valence-electron chi connectivity index (χ2n) is 20.3. The lowest BCUT2D eigenvalue weighted by atomic mass is 10.0. The predicted octanol–water partition coefficient (Wildman–Crippen LogP) is 18.1. The van der Waals surface area contributed by atoms with Gasteiger partial charge in [0.2, 0.25) is 5.91 Å². The fourth-order valence-corrected chi connectivity index (χ4v) is 9.28. The zero-order valence-corrected chi connectivity index (χ0v) is 44.0. The van der Waals surface area contributed by atoms with Gasteiger partial charge >= 0.3 is 5.97 Å². The SMILES string of the molecule is CCCCCCCCCCCCCCCCCCCCCC/C=C/C(O)C(CO)NC(=O)CCCCCCCCCCCCOC(=O)CCCCCCCCCCCCCCCCCC. The molecule has 65 heavy (non-hydrogen) atoms. The van der Waals surface area contributed by atoms with Crippen LogP contribution in [0.25, 0.3) is 0 Å². The molecule has 0 aromatic carbocycles. The van der Waals surface area contributed by atoms with Crippen molar-refractivity contribution in [2.45, 2.75) is 341 Å². The molecule has 0 saturated heterocycles. The van der Waals surface area contributed by atoms with Gasteiger partial charge in [-0.15, -0.1) is 0 Å². The highest BCUT2D eigenvalue weighted by molar-refractivity contribution is 5.76. The van der Waals surface area contributed by atoms with Crippen LogP contribution in [0.3, 0.4) is 0 Å². The summed E-state index contributed by atoms with van der Waals surface area (Å²) in [6.07, 6.45) is 65.2. The first-order chi connectivity index (χ1) is 32.0. The van der Waals surface area contributed by atoms with E-state index in [9.17, 15) is 19.8 Å². The highest BCUT2D eigenvalue weighted by Gasteiger charge is 2.18. The van der Waals surface area contributed by atoms with Crippen LogP contribution in [0.1, 0.15) is 328 Å². The van der Waals surface area contributed by atoms with Gasteiger partial charge in [0, 0.05) is 12.8 Å². The maximum absolute atomic E-state index is 12.5. The fraction of sp³-hybridized carbons (Fsp3) is 0.932. The van der Waals surface area contributed by atoms with Crippen molar-refractivity contribution in [1.82, 2.24) is 5.32 Å². The summed E-state index contributed by atoms with van der Waals surface area (Å²) in [5.74, 6) is -0.103. The van der Waals surface area contributed by atoms with Crippen LogP contribution in [0.15, 0.2) is 12.2 Å². The third-order valence-corrected chi connectivity index (χ3v) is 13.8. The number of unbranched alkanes of at least 4 members (excludes halogenated alkanes) is 44. The van der Waals surface area contributed by atoms with Crippen molar-refractivity contribution in [2.75, 3.05) is 13.2 Å². The number of hydrogen-bond donors (Lipinski definition) is 3. The number of esters is 1. The standard InChI is InChI=1S/C59H115NO5/c1-3-5-7-9-11-13-15-17-19-21-22-23-24-25-26-27-29-31-35-39-43-47-51-57(62)56(55-61)60-58(63)52-48-44-40-36-33-34-38-42-46-50-54-65-59(64)53-49-45-41-37-32-30-28-20-18-16-14-12-10-8-6-4-2/h47,51,56-57,61-62H,3-46,48-50,52-55H2,1-2H3,(H,60,63)/b51-47+. The van der Waals surface area contributed by atoms with Crippen LogP contribution >= 0.6 is 0 Å². The molecule has 0 heterocycles. The molecule has 0 spiro atoms. The van der Waals surface area contributed by atoms with Crippen LogP contribution < -0.4 is 5.32 Å². The highest BCUT2D eigenvalue weighted by atomic mass is 16.5. The first-order valence-corrected chi connectivity index (χ1v) is 29.5. The van der Waals surface area contributed by atoms with E-state index in [0.717, 1.165) is 57.8 Å². The molecule has 386 valence electrons. The summed E-state index contributed by atoms with van der Waals surface area (Å²) >= 11 is 0. The van der Waals surface area contributed by atoms with Gasteiger partial charge in [0.1, 0.15) is 0 Å². The molecule has 3 N–H and O–H groups in total. The van der Waals surface area contributed by atoms with E-state index in [4.69, 9.17) is 4.74 Å². The smallest absolute Gasteiger partial charge is 0.305 e. The lowest BCUT2D eigenvalue weighted by molar-refractivity contribution is -0.143. The summed E-state index contributed by atoms with van der Waals surface area (Å²) in [6, 6.07) is -0.644. The van der Waals surface area contributed by atoms with Crippen molar-refractivity contribution < 1.29 is 24.5 Å². The third-order valence-electron chi connectivity index (χ3n) is 13.8. The molecule has 0 aliphatic heterocycles. The number of rotatable bonds is 55. The van der Waals surface area contributed by atoms with Gasteiger partial charge < -0.3 is 20.3 Å². The largest absolute Gasteiger partial charge is 0.466 e. The van der Waals surface area contributed by atoms with Gasteiger partial charge in [-0.05, 0) is 32.1 Å². The molecular weight excluding hydrogens is 803 g/mol. The number of aliphatic hydroxyl groups excluding tert-OH is 2. The Morgan fingerprint density at radius 2 is 0.708 bits per heavy atom. The Labute approximate surface area is 406 Å². The summed E-state index contributed by atoms with van der Waals surface area (Å²) in [5, 5.41) is 23.2. The van der Waals surface area contributed by atoms with E-state index in [0.29, 0.717) is 19.4 Å². The van der Waals surface area contributed by atoms with Crippen LogP contribution in [-0.4, -0.2) is 47.4 Å². The lowest BCUT2D eigenvalue weighted by Crippen LogP contribution is -2.45. The molecule has 0 bridgehead atoms. The Hall–Kier alpha value is -1.40. The van der Waals surface area contributed by atoms with E-state index < -0.39 is 12.1 Å². The molecule has 6 nitrogen and oxygen atoms in total. The number of carbonyl (C=O) groups is 2. The zero-order chi connectivity index (χ0) is 47.2. The average molecular weight is 919 g/mol. The van der Waals surface area contributed by atoms with Crippen LogP contribution in [0.4, 0.5) is 0 Å². The van der Waals surface area contributed by atoms with E-state index in [1.165, 1.54) is 244 Å². The molecule has 0 aliphatic rings.